The summed E-state index contributed by atoms with van der Waals surface area (Å²) in [7, 11) is 0. The van der Waals surface area contributed by atoms with Crippen LogP contribution in [0.5, 0.6) is 0 Å². The minimum Gasteiger partial charge on any atom is -0.321 e. The Morgan fingerprint density at radius 1 is 1.00 bits per heavy atom. The topological polar surface area (TPSA) is 17.0 Å². The summed E-state index contributed by atoms with van der Waals surface area (Å²) >= 11 is 0. The Balaban J connectivity index is 2.18. The zero-order valence-electron chi connectivity index (χ0n) is 9.80. The van der Waals surface area contributed by atoms with Crippen LogP contribution in [0.4, 0.5) is 8.78 Å². The number of nitrogens with one attached hydrogen (secondary N) is 1. The summed E-state index contributed by atoms with van der Waals surface area (Å²) in [5.41, 5.74) is 5.05. The maximum atomic E-state index is 13.4. The van der Waals surface area contributed by atoms with E-state index in [1.165, 1.54) is 18.2 Å². The summed E-state index contributed by atoms with van der Waals surface area (Å²) in [5.74, 6) is -1.06. The van der Waals surface area contributed by atoms with Gasteiger partial charge in [0, 0.05) is 17.0 Å². The monoisotopic (exact) mass is 236 g/mol. The first-order valence-electron chi connectivity index (χ1n) is 5.41. The van der Waals surface area contributed by atoms with Gasteiger partial charge in [-0.2, -0.15) is 0 Å². The van der Waals surface area contributed by atoms with Gasteiger partial charge < -0.3 is 5.43 Å². The molecule has 0 aliphatic carbocycles. The summed E-state index contributed by atoms with van der Waals surface area (Å²) in [4.78, 5) is 0. The van der Waals surface area contributed by atoms with Gasteiger partial charge in [-0.3, -0.25) is 4.68 Å². The van der Waals surface area contributed by atoms with Crippen molar-refractivity contribution >= 4 is 0 Å². The number of nitrogens with zero attached hydrogens (tertiary/aromatic N) is 1. The fourth-order valence-corrected chi connectivity index (χ4v) is 1.78. The Morgan fingerprint density at radius 3 is 2.06 bits per heavy atom. The zero-order chi connectivity index (χ0) is 12.4. The van der Waals surface area contributed by atoms with Gasteiger partial charge in [-0.05, 0) is 38.1 Å². The standard InChI is InChI=1S/C13H14F2N2/c1-9-6-7-10(2)17(9)16-8-11-12(14)4-3-5-13(11)15/h3-7,16H,8H2,1-2H3. The molecule has 1 heterocycles. The third-order valence-electron chi connectivity index (χ3n) is 2.75. The average Bonchev–Trinajstić information content (AvgIpc) is 2.59. The van der Waals surface area contributed by atoms with Gasteiger partial charge in [0.2, 0.25) is 0 Å². The molecule has 17 heavy (non-hydrogen) atoms. The van der Waals surface area contributed by atoms with E-state index in [0.717, 1.165) is 11.4 Å². The van der Waals surface area contributed by atoms with Crippen LogP contribution in [0, 0.1) is 25.5 Å². The molecular formula is C13H14F2N2. The molecule has 90 valence electrons. The third kappa shape index (κ3) is 2.30. The normalized spacial score (nSPS) is 10.6. The molecule has 0 bridgehead atoms. The molecule has 2 aromatic rings. The van der Waals surface area contributed by atoms with E-state index < -0.39 is 11.6 Å². The van der Waals surface area contributed by atoms with Gasteiger partial charge in [-0.15, -0.1) is 0 Å². The van der Waals surface area contributed by atoms with Crippen molar-refractivity contribution in [2.24, 2.45) is 0 Å². The summed E-state index contributed by atoms with van der Waals surface area (Å²) in [6.07, 6.45) is 0. The van der Waals surface area contributed by atoms with E-state index in [-0.39, 0.29) is 12.1 Å². The first-order chi connectivity index (χ1) is 8.09. The molecule has 4 heteroatoms. The molecule has 0 aliphatic rings. The number of benzene rings is 1. The quantitative estimate of drug-likeness (QED) is 0.866. The molecule has 1 N–H and O–H groups in total. The molecule has 0 atom stereocenters. The average molecular weight is 236 g/mol. The number of aromatic nitrogens is 1. The predicted molar refractivity (Wildman–Crippen MR) is 63.3 cm³/mol. The van der Waals surface area contributed by atoms with Crippen molar-refractivity contribution in [3.8, 4) is 0 Å². The highest BCUT2D eigenvalue weighted by Crippen LogP contribution is 2.13. The van der Waals surface area contributed by atoms with Crippen molar-refractivity contribution in [1.82, 2.24) is 4.68 Å². The van der Waals surface area contributed by atoms with Crippen LogP contribution in [-0.4, -0.2) is 4.68 Å². The van der Waals surface area contributed by atoms with E-state index >= 15 is 0 Å². The molecule has 2 nitrogen and oxygen atoms in total. The van der Waals surface area contributed by atoms with Gasteiger partial charge in [-0.25, -0.2) is 8.78 Å². The second-order valence-corrected chi connectivity index (χ2v) is 3.99. The van der Waals surface area contributed by atoms with Crippen molar-refractivity contribution in [2.75, 3.05) is 5.43 Å². The lowest BCUT2D eigenvalue weighted by atomic mass is 10.2. The third-order valence-corrected chi connectivity index (χ3v) is 2.75. The largest absolute Gasteiger partial charge is 0.321 e. The molecule has 0 aliphatic heterocycles. The van der Waals surface area contributed by atoms with Crippen LogP contribution in [0.25, 0.3) is 0 Å². The van der Waals surface area contributed by atoms with Crippen molar-refractivity contribution in [3.63, 3.8) is 0 Å². The van der Waals surface area contributed by atoms with Crippen molar-refractivity contribution in [2.45, 2.75) is 20.4 Å². The van der Waals surface area contributed by atoms with Gasteiger partial charge in [0.25, 0.3) is 0 Å². The molecule has 0 unspecified atom stereocenters. The van der Waals surface area contributed by atoms with Crippen LogP contribution in [0.1, 0.15) is 17.0 Å². The maximum Gasteiger partial charge on any atom is 0.131 e. The number of hydrogen-bond donors (Lipinski definition) is 1. The highest BCUT2D eigenvalue weighted by Gasteiger charge is 2.08. The summed E-state index contributed by atoms with van der Waals surface area (Å²) in [6, 6.07) is 7.77. The molecule has 0 saturated heterocycles. The number of aryl methyl sites for hydroxylation is 2. The van der Waals surface area contributed by atoms with Crippen LogP contribution in [-0.2, 0) is 6.54 Å². The lowest BCUT2D eigenvalue weighted by molar-refractivity contribution is 0.554. The number of rotatable bonds is 3. The van der Waals surface area contributed by atoms with Crippen LogP contribution in [0.2, 0.25) is 0 Å². The molecule has 0 fully saturated rings. The Labute approximate surface area is 98.9 Å². The number of halogens is 2. The molecular weight excluding hydrogens is 222 g/mol. The second kappa shape index (κ2) is 4.57. The predicted octanol–water partition coefficient (Wildman–Crippen LogP) is 3.13. The van der Waals surface area contributed by atoms with Crippen molar-refractivity contribution in [1.29, 1.82) is 0 Å². The Morgan fingerprint density at radius 2 is 1.53 bits per heavy atom. The first-order valence-corrected chi connectivity index (χ1v) is 5.41. The van der Waals surface area contributed by atoms with Gasteiger partial charge in [0.15, 0.2) is 0 Å². The molecule has 0 spiro atoms. The molecule has 0 amide bonds. The number of hydrogen-bond acceptors (Lipinski definition) is 1. The minimum atomic E-state index is -0.528. The molecule has 0 radical (unpaired) electrons. The molecule has 1 aromatic heterocycles. The zero-order valence-corrected chi connectivity index (χ0v) is 9.80. The van der Waals surface area contributed by atoms with Crippen LogP contribution < -0.4 is 5.43 Å². The van der Waals surface area contributed by atoms with Gasteiger partial charge in [0.05, 0.1) is 6.54 Å². The van der Waals surface area contributed by atoms with E-state index in [0.29, 0.717) is 0 Å². The summed E-state index contributed by atoms with van der Waals surface area (Å²) < 4.78 is 28.6. The van der Waals surface area contributed by atoms with E-state index in [1.54, 1.807) is 0 Å². The lowest BCUT2D eigenvalue weighted by Crippen LogP contribution is -2.18. The Bertz CT molecular complexity index is 492. The maximum absolute atomic E-state index is 13.4. The molecule has 1 aromatic carbocycles. The Hall–Kier alpha value is -1.84. The van der Waals surface area contributed by atoms with Gasteiger partial charge >= 0.3 is 0 Å². The molecule has 0 saturated carbocycles. The summed E-state index contributed by atoms with van der Waals surface area (Å²) in [5, 5.41) is 0. The highest BCUT2D eigenvalue weighted by atomic mass is 19.1. The fourth-order valence-electron chi connectivity index (χ4n) is 1.78. The second-order valence-electron chi connectivity index (χ2n) is 3.99. The van der Waals surface area contributed by atoms with Crippen LogP contribution in [0.3, 0.4) is 0 Å². The highest BCUT2D eigenvalue weighted by molar-refractivity contribution is 5.22. The fraction of sp³-hybridized carbons (Fsp3) is 0.231. The molecule has 2 rings (SSSR count). The lowest BCUT2D eigenvalue weighted by Gasteiger charge is -2.13. The SMILES string of the molecule is Cc1ccc(C)n1NCc1c(F)cccc1F. The van der Waals surface area contributed by atoms with E-state index in [4.69, 9.17) is 0 Å². The van der Waals surface area contributed by atoms with Gasteiger partial charge in [0.1, 0.15) is 11.6 Å². The van der Waals surface area contributed by atoms with E-state index in [1.807, 2.05) is 30.7 Å². The van der Waals surface area contributed by atoms with Crippen molar-refractivity contribution in [3.05, 3.63) is 58.9 Å². The summed E-state index contributed by atoms with van der Waals surface area (Å²) in [6.45, 7) is 3.98. The minimum absolute atomic E-state index is 0.0556. The van der Waals surface area contributed by atoms with Crippen LogP contribution in [0.15, 0.2) is 30.3 Å². The van der Waals surface area contributed by atoms with Gasteiger partial charge in [-0.1, -0.05) is 6.07 Å². The van der Waals surface area contributed by atoms with E-state index in [2.05, 4.69) is 5.43 Å². The van der Waals surface area contributed by atoms with Crippen molar-refractivity contribution < 1.29 is 8.78 Å². The van der Waals surface area contributed by atoms with E-state index in [9.17, 15) is 8.78 Å². The Kier molecular flexibility index (Phi) is 3.13. The smallest absolute Gasteiger partial charge is 0.131 e. The first kappa shape index (κ1) is 11.6. The van der Waals surface area contributed by atoms with Crippen LogP contribution >= 0.6 is 0 Å².